The van der Waals surface area contributed by atoms with Crippen LogP contribution in [0.25, 0.3) is 22.7 Å². The van der Waals surface area contributed by atoms with Crippen molar-refractivity contribution >= 4 is 28.6 Å². The molecule has 0 saturated heterocycles. The number of ether oxygens (including phenoxy) is 3. The summed E-state index contributed by atoms with van der Waals surface area (Å²) in [4.78, 5) is 21.1. The number of H-pyrrole nitrogens is 1. The number of imidazole rings is 1. The smallest absolute Gasteiger partial charge is 0.255 e. The second-order valence-corrected chi connectivity index (χ2v) is 7.31. The number of para-hydroxylation sites is 2. The zero-order chi connectivity index (χ0) is 21.9. The first-order valence-corrected chi connectivity index (χ1v) is 10.2. The van der Waals surface area contributed by atoms with E-state index in [0.717, 1.165) is 22.2 Å². The minimum absolute atomic E-state index is 0.213. The number of hydrogen-bond donors (Lipinski definition) is 2. The third-order valence-corrected chi connectivity index (χ3v) is 5.18. The maximum Gasteiger partial charge on any atom is 0.255 e. The molecule has 32 heavy (non-hydrogen) atoms. The zero-order valence-corrected chi connectivity index (χ0v) is 17.4. The molecule has 1 aliphatic heterocycles. The van der Waals surface area contributed by atoms with E-state index in [0.29, 0.717) is 35.2 Å². The van der Waals surface area contributed by atoms with Crippen molar-refractivity contribution in [2.24, 2.45) is 0 Å². The molecular weight excluding hydrogens is 406 g/mol. The van der Waals surface area contributed by atoms with Crippen molar-refractivity contribution in [2.75, 3.05) is 13.9 Å². The lowest BCUT2D eigenvalue weighted by Gasteiger charge is -2.09. The van der Waals surface area contributed by atoms with Gasteiger partial charge in [0.05, 0.1) is 23.7 Å². The van der Waals surface area contributed by atoms with E-state index >= 15 is 0 Å². The molecule has 0 spiro atoms. The summed E-state index contributed by atoms with van der Waals surface area (Å²) in [7, 11) is 1.61. The van der Waals surface area contributed by atoms with Crippen molar-refractivity contribution < 1.29 is 19.0 Å². The average molecular weight is 427 g/mol. The monoisotopic (exact) mass is 427 g/mol. The summed E-state index contributed by atoms with van der Waals surface area (Å²) in [5.74, 6) is 2.35. The van der Waals surface area contributed by atoms with Crippen LogP contribution in [0, 0.1) is 0 Å². The Morgan fingerprint density at radius 2 is 1.97 bits per heavy atom. The molecule has 2 N–H and O–H groups in total. The van der Waals surface area contributed by atoms with Crippen LogP contribution in [0.2, 0.25) is 0 Å². The van der Waals surface area contributed by atoms with Crippen LogP contribution in [0.5, 0.6) is 17.2 Å². The SMILES string of the molecule is COc1cccc(/C=C(\C(=O)NCc2ccc3c(c2)OCO3)c2nc3ccccc3[nH]2)c1. The number of carbonyl (C=O) groups excluding carboxylic acids is 1. The second-order valence-electron chi connectivity index (χ2n) is 7.31. The van der Waals surface area contributed by atoms with Crippen LogP contribution in [0.1, 0.15) is 17.0 Å². The summed E-state index contributed by atoms with van der Waals surface area (Å²) >= 11 is 0. The fourth-order valence-electron chi connectivity index (χ4n) is 3.55. The summed E-state index contributed by atoms with van der Waals surface area (Å²) in [6.45, 7) is 0.551. The Hall–Kier alpha value is -4.26. The lowest BCUT2D eigenvalue weighted by molar-refractivity contribution is -0.115. The fourth-order valence-corrected chi connectivity index (χ4v) is 3.55. The largest absolute Gasteiger partial charge is 0.497 e. The first kappa shape index (κ1) is 19.7. The standard InChI is InChI=1S/C25H21N3O4/c1-30-18-6-4-5-16(11-18)12-19(24-27-20-7-2-3-8-21(20)28-24)25(29)26-14-17-9-10-22-23(13-17)32-15-31-22/h2-13H,14-15H2,1H3,(H,26,29)(H,27,28)/b19-12-. The van der Waals surface area contributed by atoms with E-state index in [2.05, 4.69) is 15.3 Å². The number of aromatic amines is 1. The lowest BCUT2D eigenvalue weighted by Crippen LogP contribution is -2.24. The number of aromatic nitrogens is 2. The minimum Gasteiger partial charge on any atom is -0.497 e. The molecule has 0 atom stereocenters. The number of methoxy groups -OCH3 is 1. The molecule has 0 radical (unpaired) electrons. The third-order valence-electron chi connectivity index (χ3n) is 5.18. The fraction of sp³-hybridized carbons (Fsp3) is 0.120. The first-order chi connectivity index (χ1) is 15.7. The van der Waals surface area contributed by atoms with E-state index in [1.165, 1.54) is 0 Å². The molecular formula is C25H21N3O4. The van der Waals surface area contributed by atoms with Gasteiger partial charge in [-0.25, -0.2) is 4.98 Å². The van der Waals surface area contributed by atoms with Crippen LogP contribution in [0.15, 0.2) is 66.7 Å². The maximum atomic E-state index is 13.3. The first-order valence-electron chi connectivity index (χ1n) is 10.2. The Morgan fingerprint density at radius 3 is 2.84 bits per heavy atom. The van der Waals surface area contributed by atoms with Crippen molar-refractivity contribution in [3.05, 3.63) is 83.7 Å². The molecule has 7 heteroatoms. The Kier molecular flexibility index (Phi) is 5.21. The van der Waals surface area contributed by atoms with Crippen molar-refractivity contribution in [3.63, 3.8) is 0 Å². The van der Waals surface area contributed by atoms with Gasteiger partial charge in [-0.2, -0.15) is 0 Å². The normalized spacial score (nSPS) is 12.7. The molecule has 5 rings (SSSR count). The van der Waals surface area contributed by atoms with Crippen LogP contribution >= 0.6 is 0 Å². The van der Waals surface area contributed by atoms with Crippen LogP contribution in [-0.2, 0) is 11.3 Å². The number of carbonyl (C=O) groups is 1. The van der Waals surface area contributed by atoms with E-state index in [4.69, 9.17) is 14.2 Å². The van der Waals surface area contributed by atoms with Gasteiger partial charge in [-0.3, -0.25) is 4.79 Å². The molecule has 2 heterocycles. The van der Waals surface area contributed by atoms with Crippen molar-refractivity contribution in [2.45, 2.75) is 6.54 Å². The molecule has 160 valence electrons. The van der Waals surface area contributed by atoms with Gasteiger partial charge in [-0.05, 0) is 53.6 Å². The van der Waals surface area contributed by atoms with Crippen LogP contribution in [0.4, 0.5) is 0 Å². The van der Waals surface area contributed by atoms with E-state index < -0.39 is 0 Å². The van der Waals surface area contributed by atoms with Crippen molar-refractivity contribution in [1.82, 2.24) is 15.3 Å². The Bertz CT molecular complexity index is 1290. The van der Waals surface area contributed by atoms with Gasteiger partial charge in [0.25, 0.3) is 5.91 Å². The Morgan fingerprint density at radius 1 is 1.09 bits per heavy atom. The highest BCUT2D eigenvalue weighted by molar-refractivity contribution is 6.23. The number of nitrogens with one attached hydrogen (secondary N) is 2. The Balaban J connectivity index is 1.45. The maximum absolute atomic E-state index is 13.3. The van der Waals surface area contributed by atoms with Crippen LogP contribution < -0.4 is 19.5 Å². The van der Waals surface area contributed by atoms with E-state index in [9.17, 15) is 4.79 Å². The third kappa shape index (κ3) is 4.00. The van der Waals surface area contributed by atoms with E-state index in [1.54, 1.807) is 13.2 Å². The summed E-state index contributed by atoms with van der Waals surface area (Å²) < 4.78 is 16.1. The zero-order valence-electron chi connectivity index (χ0n) is 17.4. The molecule has 7 nitrogen and oxygen atoms in total. The highest BCUT2D eigenvalue weighted by atomic mass is 16.7. The van der Waals surface area contributed by atoms with Gasteiger partial charge < -0.3 is 24.5 Å². The highest BCUT2D eigenvalue weighted by Crippen LogP contribution is 2.32. The van der Waals surface area contributed by atoms with Crippen molar-refractivity contribution in [3.8, 4) is 17.2 Å². The van der Waals surface area contributed by atoms with Gasteiger partial charge in [0, 0.05) is 6.54 Å². The molecule has 0 unspecified atom stereocenters. The van der Waals surface area contributed by atoms with Crippen LogP contribution in [-0.4, -0.2) is 29.8 Å². The predicted molar refractivity (Wildman–Crippen MR) is 121 cm³/mol. The number of benzene rings is 3. The Labute approximate surface area is 184 Å². The molecule has 0 bridgehead atoms. The summed E-state index contributed by atoms with van der Waals surface area (Å²) in [5.41, 5.74) is 3.83. The predicted octanol–water partition coefficient (Wildman–Crippen LogP) is 4.16. The molecule has 3 aromatic carbocycles. The summed E-state index contributed by atoms with van der Waals surface area (Å²) in [6.07, 6.45) is 1.80. The highest BCUT2D eigenvalue weighted by Gasteiger charge is 2.18. The van der Waals surface area contributed by atoms with Gasteiger partial charge in [-0.15, -0.1) is 0 Å². The second kappa shape index (κ2) is 8.47. The number of nitrogens with zero attached hydrogens (tertiary/aromatic N) is 1. The van der Waals surface area contributed by atoms with Gasteiger partial charge in [-0.1, -0.05) is 30.3 Å². The number of amides is 1. The van der Waals surface area contributed by atoms with Gasteiger partial charge >= 0.3 is 0 Å². The molecule has 1 aromatic heterocycles. The molecule has 0 saturated carbocycles. The molecule has 1 aliphatic rings. The van der Waals surface area contributed by atoms with E-state index in [-0.39, 0.29) is 12.7 Å². The molecule has 1 amide bonds. The summed E-state index contributed by atoms with van der Waals surface area (Å²) in [5, 5.41) is 2.99. The quantitative estimate of drug-likeness (QED) is 0.452. The summed E-state index contributed by atoms with van der Waals surface area (Å²) in [6, 6.07) is 20.8. The van der Waals surface area contributed by atoms with Crippen molar-refractivity contribution in [1.29, 1.82) is 0 Å². The minimum atomic E-state index is -0.246. The van der Waals surface area contributed by atoms with Gasteiger partial charge in [0.2, 0.25) is 6.79 Å². The van der Waals surface area contributed by atoms with Crippen LogP contribution in [0.3, 0.4) is 0 Å². The van der Waals surface area contributed by atoms with E-state index in [1.807, 2.05) is 66.7 Å². The van der Waals surface area contributed by atoms with Gasteiger partial charge in [0.1, 0.15) is 11.6 Å². The molecule has 4 aromatic rings. The van der Waals surface area contributed by atoms with Gasteiger partial charge in [0.15, 0.2) is 11.5 Å². The number of hydrogen-bond acceptors (Lipinski definition) is 5. The molecule has 0 fully saturated rings. The number of fused-ring (bicyclic) bond motifs is 2. The number of rotatable bonds is 6. The average Bonchev–Trinajstić information content (AvgIpc) is 3.47. The molecule has 0 aliphatic carbocycles. The topological polar surface area (TPSA) is 85.5 Å². The lowest BCUT2D eigenvalue weighted by atomic mass is 10.1.